The van der Waals surface area contributed by atoms with Gasteiger partial charge in [0.05, 0.1) is 10.9 Å². The Morgan fingerprint density at radius 1 is 1.25 bits per heavy atom. The molecule has 132 valence electrons. The van der Waals surface area contributed by atoms with Crippen LogP contribution in [0.4, 0.5) is 0 Å². The molecule has 4 aliphatic rings. The lowest BCUT2D eigenvalue weighted by atomic mass is 9.49. The third kappa shape index (κ3) is 3.66. The van der Waals surface area contributed by atoms with E-state index in [0.29, 0.717) is 12.0 Å². The molecule has 0 unspecified atom stereocenters. The molecule has 4 fully saturated rings. The van der Waals surface area contributed by atoms with Gasteiger partial charge in [-0.3, -0.25) is 9.69 Å². The van der Waals surface area contributed by atoms with Crippen molar-refractivity contribution in [2.75, 3.05) is 20.1 Å². The lowest BCUT2D eigenvalue weighted by Gasteiger charge is -2.56. The van der Waals surface area contributed by atoms with E-state index in [4.69, 9.17) is 11.6 Å². The molecule has 4 bridgehead atoms. The third-order valence-electron chi connectivity index (χ3n) is 6.29. The molecule has 5 heteroatoms. The van der Waals surface area contributed by atoms with Gasteiger partial charge in [-0.25, -0.2) is 0 Å². The summed E-state index contributed by atoms with van der Waals surface area (Å²) in [5, 5.41) is 3.26. The molecular weight excluding hydrogens is 340 g/mol. The van der Waals surface area contributed by atoms with E-state index in [0.717, 1.165) is 35.2 Å². The molecule has 0 atom stereocenters. The quantitative estimate of drug-likeness (QED) is 0.819. The Kier molecular flexibility index (Phi) is 4.65. The van der Waals surface area contributed by atoms with Gasteiger partial charge in [-0.1, -0.05) is 11.6 Å². The monoisotopic (exact) mass is 366 g/mol. The first-order valence-electron chi connectivity index (χ1n) is 9.19. The van der Waals surface area contributed by atoms with Crippen molar-refractivity contribution in [3.8, 4) is 0 Å². The number of carbonyl (C=O) groups excluding carboxylic acids is 1. The fourth-order valence-corrected chi connectivity index (χ4v) is 7.02. The number of halogens is 1. The normalized spacial score (nSPS) is 34.0. The van der Waals surface area contributed by atoms with Crippen molar-refractivity contribution >= 4 is 28.8 Å². The first kappa shape index (κ1) is 16.9. The van der Waals surface area contributed by atoms with Crippen LogP contribution in [0.15, 0.2) is 12.1 Å². The number of thiophene rings is 1. The molecule has 0 saturated heterocycles. The van der Waals surface area contributed by atoms with E-state index in [1.807, 2.05) is 19.2 Å². The summed E-state index contributed by atoms with van der Waals surface area (Å²) in [6, 6.07) is 3.96. The summed E-state index contributed by atoms with van der Waals surface area (Å²) in [5.41, 5.74) is 0.421. The van der Waals surface area contributed by atoms with Crippen LogP contribution in [0.3, 0.4) is 0 Å². The van der Waals surface area contributed by atoms with Crippen LogP contribution in [0.5, 0.6) is 0 Å². The molecule has 1 amide bonds. The molecule has 1 N–H and O–H groups in total. The summed E-state index contributed by atoms with van der Waals surface area (Å²) in [5.74, 6) is 2.99. The van der Waals surface area contributed by atoms with E-state index >= 15 is 0 Å². The predicted molar refractivity (Wildman–Crippen MR) is 99.3 cm³/mol. The molecule has 0 aliphatic heterocycles. The summed E-state index contributed by atoms with van der Waals surface area (Å²) in [4.78, 5) is 15.6. The fraction of sp³-hybridized carbons (Fsp3) is 0.737. The summed E-state index contributed by atoms with van der Waals surface area (Å²) in [7, 11) is 2.00. The molecule has 0 spiro atoms. The highest BCUT2D eigenvalue weighted by Gasteiger charge is 2.50. The van der Waals surface area contributed by atoms with Gasteiger partial charge in [0, 0.05) is 18.0 Å². The van der Waals surface area contributed by atoms with Crippen LogP contribution in [0.25, 0.3) is 0 Å². The van der Waals surface area contributed by atoms with Crippen LogP contribution in [-0.2, 0) is 11.3 Å². The van der Waals surface area contributed by atoms with Gasteiger partial charge in [0.1, 0.15) is 0 Å². The molecule has 4 aliphatic carbocycles. The number of carbonyl (C=O) groups is 1. The molecular formula is C19H27ClN2OS. The van der Waals surface area contributed by atoms with Gasteiger partial charge in [0.2, 0.25) is 5.91 Å². The molecule has 3 nitrogen and oxygen atoms in total. The smallest absolute Gasteiger partial charge is 0.234 e. The maximum absolute atomic E-state index is 12.4. The minimum Gasteiger partial charge on any atom is -0.354 e. The van der Waals surface area contributed by atoms with Gasteiger partial charge in [-0.15, -0.1) is 11.3 Å². The molecule has 4 saturated carbocycles. The van der Waals surface area contributed by atoms with E-state index in [2.05, 4.69) is 10.2 Å². The van der Waals surface area contributed by atoms with E-state index in [9.17, 15) is 4.79 Å². The van der Waals surface area contributed by atoms with Crippen molar-refractivity contribution in [3.05, 3.63) is 21.3 Å². The largest absolute Gasteiger partial charge is 0.354 e. The predicted octanol–water partition coefficient (Wildman–Crippen LogP) is 4.17. The van der Waals surface area contributed by atoms with Crippen molar-refractivity contribution in [3.63, 3.8) is 0 Å². The molecule has 0 radical (unpaired) electrons. The standard InChI is InChI=1S/C19H27ClN2OS/c1-22(10-16-2-3-17(20)24-16)11-18(23)21-12-19-7-13-4-14(8-19)6-15(5-13)9-19/h2-3,13-15H,4-12H2,1H3,(H,21,23). The van der Waals surface area contributed by atoms with Gasteiger partial charge in [-0.05, 0) is 80.9 Å². The second-order valence-corrected chi connectivity index (χ2v) is 10.4. The number of amides is 1. The lowest BCUT2D eigenvalue weighted by Crippen LogP contribution is -2.51. The molecule has 1 heterocycles. The van der Waals surface area contributed by atoms with Gasteiger partial charge < -0.3 is 5.32 Å². The number of hydrogen-bond acceptors (Lipinski definition) is 3. The minimum atomic E-state index is 0.163. The Hall–Kier alpha value is -0.580. The molecule has 0 aromatic carbocycles. The van der Waals surface area contributed by atoms with Crippen LogP contribution < -0.4 is 5.32 Å². The molecule has 5 rings (SSSR count). The summed E-state index contributed by atoms with van der Waals surface area (Å²) < 4.78 is 0.810. The highest BCUT2D eigenvalue weighted by Crippen LogP contribution is 2.59. The SMILES string of the molecule is CN(CC(=O)NCC12CC3CC(CC(C3)C1)C2)Cc1ccc(Cl)s1. The Morgan fingerprint density at radius 2 is 1.88 bits per heavy atom. The molecule has 1 aromatic heterocycles. The maximum Gasteiger partial charge on any atom is 0.234 e. The van der Waals surface area contributed by atoms with E-state index in [-0.39, 0.29) is 5.91 Å². The molecule has 1 aromatic rings. The highest BCUT2D eigenvalue weighted by atomic mass is 35.5. The van der Waals surface area contributed by atoms with Crippen molar-refractivity contribution in [1.29, 1.82) is 0 Å². The van der Waals surface area contributed by atoms with Crippen molar-refractivity contribution in [1.82, 2.24) is 10.2 Å². The second kappa shape index (κ2) is 6.62. The summed E-state index contributed by atoms with van der Waals surface area (Å²) in [6.07, 6.45) is 8.42. The van der Waals surface area contributed by atoms with Crippen LogP contribution in [-0.4, -0.2) is 30.9 Å². The topological polar surface area (TPSA) is 32.3 Å². The Bertz CT molecular complexity index is 579. The fourth-order valence-electron chi connectivity index (χ4n) is 5.85. The van der Waals surface area contributed by atoms with Crippen LogP contribution in [0.2, 0.25) is 4.34 Å². The van der Waals surface area contributed by atoms with E-state index in [1.54, 1.807) is 11.3 Å². The minimum absolute atomic E-state index is 0.163. The number of rotatable bonds is 6. The first-order valence-corrected chi connectivity index (χ1v) is 10.4. The van der Waals surface area contributed by atoms with E-state index in [1.165, 1.54) is 43.4 Å². The zero-order chi connectivity index (χ0) is 16.7. The van der Waals surface area contributed by atoms with Crippen LogP contribution in [0.1, 0.15) is 43.4 Å². The average Bonchev–Trinajstić information content (AvgIpc) is 2.89. The number of hydrogen-bond donors (Lipinski definition) is 1. The summed E-state index contributed by atoms with van der Waals surface area (Å²) >= 11 is 7.56. The van der Waals surface area contributed by atoms with Gasteiger partial charge >= 0.3 is 0 Å². The maximum atomic E-state index is 12.4. The van der Waals surface area contributed by atoms with Gasteiger partial charge in [0.15, 0.2) is 0 Å². The highest BCUT2D eigenvalue weighted by molar-refractivity contribution is 7.16. The molecule has 24 heavy (non-hydrogen) atoms. The van der Waals surface area contributed by atoms with Gasteiger partial charge in [-0.2, -0.15) is 0 Å². The van der Waals surface area contributed by atoms with Crippen molar-refractivity contribution < 1.29 is 4.79 Å². The van der Waals surface area contributed by atoms with Crippen molar-refractivity contribution in [2.24, 2.45) is 23.2 Å². The summed E-state index contributed by atoms with van der Waals surface area (Å²) in [6.45, 7) is 2.14. The van der Waals surface area contributed by atoms with Gasteiger partial charge in [0.25, 0.3) is 0 Å². The second-order valence-electron chi connectivity index (χ2n) is 8.57. The first-order chi connectivity index (χ1) is 11.5. The van der Waals surface area contributed by atoms with Crippen LogP contribution >= 0.6 is 22.9 Å². The number of nitrogens with one attached hydrogen (secondary N) is 1. The van der Waals surface area contributed by atoms with Crippen LogP contribution in [0, 0.1) is 23.2 Å². The lowest BCUT2D eigenvalue weighted by molar-refractivity contribution is -0.124. The zero-order valence-electron chi connectivity index (χ0n) is 14.4. The zero-order valence-corrected chi connectivity index (χ0v) is 16.0. The average molecular weight is 367 g/mol. The number of likely N-dealkylation sites (N-methyl/N-ethyl adjacent to an activating group) is 1. The number of nitrogens with zero attached hydrogens (tertiary/aromatic N) is 1. The van der Waals surface area contributed by atoms with Crippen molar-refractivity contribution in [2.45, 2.75) is 45.1 Å². The third-order valence-corrected chi connectivity index (χ3v) is 7.51. The Labute approximate surface area is 153 Å². The Morgan fingerprint density at radius 3 is 2.42 bits per heavy atom. The Balaban J connectivity index is 1.26. The van der Waals surface area contributed by atoms with E-state index < -0.39 is 0 Å².